The number of nitro benzene ring substituents is 1. The van der Waals surface area contributed by atoms with E-state index in [9.17, 15) is 28.1 Å². The minimum Gasteiger partial charge on any atom is -0.484 e. The van der Waals surface area contributed by atoms with Gasteiger partial charge in [0.05, 0.1) is 10.6 Å². The van der Waals surface area contributed by atoms with E-state index in [4.69, 9.17) is 4.74 Å². The Kier molecular flexibility index (Phi) is 5.99. The van der Waals surface area contributed by atoms with Crippen molar-refractivity contribution in [3.05, 3.63) is 58.6 Å². The fourth-order valence-electron chi connectivity index (χ4n) is 1.85. The molecule has 0 heterocycles. The Balaban J connectivity index is 1.92. The maximum Gasteiger partial charge on any atom is 0.422 e. The zero-order valence-corrected chi connectivity index (χ0v) is 13.2. The van der Waals surface area contributed by atoms with Crippen LogP contribution in [0.5, 0.6) is 11.5 Å². The molecule has 1 amide bonds. The predicted molar refractivity (Wildman–Crippen MR) is 85.2 cm³/mol. The molecule has 2 rings (SSSR count). The van der Waals surface area contributed by atoms with Crippen LogP contribution < -0.4 is 14.8 Å². The molecule has 0 atom stereocenters. The molecule has 0 spiro atoms. The number of amides is 1. The highest BCUT2D eigenvalue weighted by Crippen LogP contribution is 2.26. The van der Waals surface area contributed by atoms with Gasteiger partial charge in [-0.05, 0) is 24.3 Å². The summed E-state index contributed by atoms with van der Waals surface area (Å²) in [4.78, 5) is 21.9. The topological polar surface area (TPSA) is 90.7 Å². The zero-order chi connectivity index (χ0) is 19.2. The fourth-order valence-corrected chi connectivity index (χ4v) is 1.85. The highest BCUT2D eigenvalue weighted by Gasteiger charge is 2.28. The normalized spacial score (nSPS) is 10.9. The Morgan fingerprint density at radius 3 is 2.35 bits per heavy atom. The summed E-state index contributed by atoms with van der Waals surface area (Å²) in [5.74, 6) is -0.535. The van der Waals surface area contributed by atoms with Crippen LogP contribution in [0, 0.1) is 10.1 Å². The lowest BCUT2D eigenvalue weighted by Crippen LogP contribution is -2.22. The number of hydrogen-bond acceptors (Lipinski definition) is 5. The van der Waals surface area contributed by atoms with E-state index in [1.54, 1.807) is 0 Å². The second kappa shape index (κ2) is 8.19. The molecule has 0 aliphatic rings. The molecule has 26 heavy (non-hydrogen) atoms. The molecular weight excluding hydrogens is 357 g/mol. The molecule has 0 saturated carbocycles. The SMILES string of the molecule is O=C(COc1ccc([N+](=O)[O-])cc1)Nc1ccccc1OCC(F)(F)F. The monoisotopic (exact) mass is 370 g/mol. The third kappa shape index (κ3) is 5.96. The van der Waals surface area contributed by atoms with Gasteiger partial charge in [0.1, 0.15) is 11.5 Å². The number of carbonyl (C=O) groups excluding carboxylic acids is 1. The predicted octanol–water partition coefficient (Wildman–Crippen LogP) is 3.55. The second-order valence-corrected chi connectivity index (χ2v) is 4.99. The molecule has 2 aromatic carbocycles. The average Bonchev–Trinajstić information content (AvgIpc) is 2.59. The summed E-state index contributed by atoms with van der Waals surface area (Å²) in [6.07, 6.45) is -4.50. The summed E-state index contributed by atoms with van der Waals surface area (Å²) >= 11 is 0. The van der Waals surface area contributed by atoms with Gasteiger partial charge in [-0.25, -0.2) is 0 Å². The summed E-state index contributed by atoms with van der Waals surface area (Å²) in [6.45, 7) is -1.93. The van der Waals surface area contributed by atoms with Crippen LogP contribution in [0.15, 0.2) is 48.5 Å². The van der Waals surface area contributed by atoms with E-state index >= 15 is 0 Å². The molecule has 0 saturated heterocycles. The number of rotatable bonds is 7. The van der Waals surface area contributed by atoms with Gasteiger partial charge < -0.3 is 14.8 Å². The average molecular weight is 370 g/mol. The van der Waals surface area contributed by atoms with E-state index in [2.05, 4.69) is 10.1 Å². The number of para-hydroxylation sites is 2. The van der Waals surface area contributed by atoms with Crippen LogP contribution in [0.3, 0.4) is 0 Å². The van der Waals surface area contributed by atoms with E-state index < -0.39 is 30.2 Å². The van der Waals surface area contributed by atoms with Gasteiger partial charge in [-0.3, -0.25) is 14.9 Å². The van der Waals surface area contributed by atoms with Crippen LogP contribution >= 0.6 is 0 Å². The molecule has 0 aromatic heterocycles. The van der Waals surface area contributed by atoms with Crippen molar-refractivity contribution in [3.8, 4) is 11.5 Å². The van der Waals surface area contributed by atoms with Gasteiger partial charge in [-0.2, -0.15) is 13.2 Å². The Morgan fingerprint density at radius 2 is 1.73 bits per heavy atom. The van der Waals surface area contributed by atoms with Crippen molar-refractivity contribution in [1.82, 2.24) is 0 Å². The van der Waals surface area contributed by atoms with Crippen LogP contribution in [-0.4, -0.2) is 30.2 Å². The molecule has 10 heteroatoms. The first-order valence-electron chi connectivity index (χ1n) is 7.20. The maximum atomic E-state index is 12.2. The third-order valence-electron chi connectivity index (χ3n) is 2.97. The lowest BCUT2D eigenvalue weighted by Gasteiger charge is -2.14. The van der Waals surface area contributed by atoms with E-state index in [1.807, 2.05) is 0 Å². The van der Waals surface area contributed by atoms with Crippen molar-refractivity contribution in [2.45, 2.75) is 6.18 Å². The number of nitrogens with zero attached hydrogens (tertiary/aromatic N) is 1. The van der Waals surface area contributed by atoms with E-state index in [-0.39, 0.29) is 22.9 Å². The van der Waals surface area contributed by atoms with Gasteiger partial charge >= 0.3 is 6.18 Å². The van der Waals surface area contributed by atoms with Gasteiger partial charge in [0.15, 0.2) is 13.2 Å². The third-order valence-corrected chi connectivity index (χ3v) is 2.97. The summed E-state index contributed by atoms with van der Waals surface area (Å²) in [7, 11) is 0. The zero-order valence-electron chi connectivity index (χ0n) is 13.2. The van der Waals surface area contributed by atoms with Crippen LogP contribution in [0.2, 0.25) is 0 Å². The summed E-state index contributed by atoms with van der Waals surface area (Å²) in [6, 6.07) is 10.7. The number of anilines is 1. The fraction of sp³-hybridized carbons (Fsp3) is 0.188. The molecule has 138 valence electrons. The first-order valence-corrected chi connectivity index (χ1v) is 7.20. The van der Waals surface area contributed by atoms with Gasteiger partial charge in [0, 0.05) is 12.1 Å². The highest BCUT2D eigenvalue weighted by atomic mass is 19.4. The largest absolute Gasteiger partial charge is 0.484 e. The molecule has 2 aromatic rings. The Morgan fingerprint density at radius 1 is 1.08 bits per heavy atom. The molecular formula is C16H13F3N2O5. The van der Waals surface area contributed by atoms with Gasteiger partial charge in [0.25, 0.3) is 11.6 Å². The number of ether oxygens (including phenoxy) is 2. The van der Waals surface area contributed by atoms with E-state index in [1.165, 1.54) is 48.5 Å². The quantitative estimate of drug-likeness (QED) is 0.595. The van der Waals surface area contributed by atoms with E-state index in [0.29, 0.717) is 0 Å². The van der Waals surface area contributed by atoms with Crippen LogP contribution in [0.25, 0.3) is 0 Å². The minimum atomic E-state index is -4.50. The molecule has 0 bridgehead atoms. The molecule has 0 unspecified atom stereocenters. The number of hydrogen-bond donors (Lipinski definition) is 1. The maximum absolute atomic E-state index is 12.2. The lowest BCUT2D eigenvalue weighted by molar-refractivity contribution is -0.384. The highest BCUT2D eigenvalue weighted by molar-refractivity contribution is 5.93. The van der Waals surface area contributed by atoms with Crippen molar-refractivity contribution >= 4 is 17.3 Å². The number of benzene rings is 2. The van der Waals surface area contributed by atoms with Gasteiger partial charge in [0.2, 0.25) is 0 Å². The van der Waals surface area contributed by atoms with Crippen LogP contribution in [0.4, 0.5) is 24.5 Å². The summed E-state index contributed by atoms with van der Waals surface area (Å²) in [5, 5.41) is 12.9. The van der Waals surface area contributed by atoms with Crippen molar-refractivity contribution in [1.29, 1.82) is 0 Å². The van der Waals surface area contributed by atoms with Crippen molar-refractivity contribution in [2.24, 2.45) is 0 Å². The number of halogens is 3. The molecule has 0 radical (unpaired) electrons. The summed E-state index contributed by atoms with van der Waals surface area (Å²) in [5.41, 5.74) is -0.0633. The second-order valence-electron chi connectivity index (χ2n) is 4.99. The van der Waals surface area contributed by atoms with Crippen molar-refractivity contribution < 1.29 is 32.4 Å². The smallest absolute Gasteiger partial charge is 0.422 e. The number of carbonyl (C=O) groups is 1. The van der Waals surface area contributed by atoms with Crippen molar-refractivity contribution in [2.75, 3.05) is 18.5 Å². The van der Waals surface area contributed by atoms with Crippen LogP contribution in [0.1, 0.15) is 0 Å². The molecule has 0 aliphatic carbocycles. The Hall–Kier alpha value is -3.30. The van der Waals surface area contributed by atoms with Crippen LogP contribution in [-0.2, 0) is 4.79 Å². The number of non-ortho nitro benzene ring substituents is 1. The molecule has 0 fully saturated rings. The number of nitrogens with one attached hydrogen (secondary N) is 1. The van der Waals surface area contributed by atoms with Gasteiger partial charge in [-0.1, -0.05) is 12.1 Å². The molecule has 7 nitrogen and oxygen atoms in total. The first-order chi connectivity index (χ1) is 12.2. The number of alkyl halides is 3. The number of nitro groups is 1. The lowest BCUT2D eigenvalue weighted by atomic mass is 10.3. The first kappa shape index (κ1) is 19.0. The van der Waals surface area contributed by atoms with E-state index in [0.717, 1.165) is 0 Å². The standard InChI is InChI=1S/C16H13F3N2O5/c17-16(18,19)10-26-14-4-2-1-3-13(14)20-15(22)9-25-12-7-5-11(6-8-12)21(23)24/h1-8H,9-10H2,(H,20,22). The van der Waals surface area contributed by atoms with Gasteiger partial charge in [-0.15, -0.1) is 0 Å². The summed E-state index contributed by atoms with van der Waals surface area (Å²) < 4.78 is 46.6. The Bertz CT molecular complexity index is 778. The molecule has 0 aliphatic heterocycles. The Labute approximate surface area is 145 Å². The van der Waals surface area contributed by atoms with Crippen molar-refractivity contribution in [3.63, 3.8) is 0 Å². The molecule has 1 N–H and O–H groups in total. The minimum absolute atomic E-state index is 0.0639.